The summed E-state index contributed by atoms with van der Waals surface area (Å²) in [7, 11) is 0. The van der Waals surface area contributed by atoms with Gasteiger partial charge < -0.3 is 9.84 Å². The first-order valence-electron chi connectivity index (χ1n) is 7.59. The van der Waals surface area contributed by atoms with Crippen LogP contribution in [0.3, 0.4) is 0 Å². The Morgan fingerprint density at radius 1 is 1.21 bits per heavy atom. The average Bonchev–Trinajstić information content (AvgIpc) is 2.59. The molecule has 0 fully saturated rings. The maximum atomic E-state index is 14.3. The summed E-state index contributed by atoms with van der Waals surface area (Å²) in [5, 5.41) is 9.72. The number of carbonyl (C=O) groups is 1. The molecule has 0 spiro atoms. The standard InChI is InChI=1S/C19H16FNO3/c1-3-12-5-7-16(11(2)18(12)20)24-17-8-9-21-15-6-4-13(19(22)23)10-14(15)17/h4-10H,3H2,1-2H3,(H,22,23). The van der Waals surface area contributed by atoms with Crippen LogP contribution in [0.25, 0.3) is 10.9 Å². The molecule has 3 aromatic rings. The van der Waals surface area contributed by atoms with Gasteiger partial charge in [-0.3, -0.25) is 4.98 Å². The largest absolute Gasteiger partial charge is 0.478 e. The Balaban J connectivity index is 2.09. The number of carboxylic acid groups (broad SMARTS) is 1. The minimum absolute atomic E-state index is 0.143. The van der Waals surface area contributed by atoms with Crippen molar-refractivity contribution in [3.63, 3.8) is 0 Å². The molecule has 122 valence electrons. The van der Waals surface area contributed by atoms with Gasteiger partial charge in [0.15, 0.2) is 0 Å². The lowest BCUT2D eigenvalue weighted by Gasteiger charge is -2.13. The topological polar surface area (TPSA) is 59.4 Å². The van der Waals surface area contributed by atoms with E-state index in [2.05, 4.69) is 4.98 Å². The van der Waals surface area contributed by atoms with E-state index in [4.69, 9.17) is 9.84 Å². The molecule has 0 aliphatic rings. The fourth-order valence-electron chi connectivity index (χ4n) is 2.57. The predicted octanol–water partition coefficient (Wildman–Crippen LogP) is 4.74. The predicted molar refractivity (Wildman–Crippen MR) is 89.3 cm³/mol. The molecule has 0 bridgehead atoms. The maximum absolute atomic E-state index is 14.3. The first-order chi connectivity index (χ1) is 11.5. The van der Waals surface area contributed by atoms with Gasteiger partial charge in [0.25, 0.3) is 0 Å². The molecular weight excluding hydrogens is 309 g/mol. The van der Waals surface area contributed by atoms with Gasteiger partial charge in [0.1, 0.15) is 17.3 Å². The molecule has 0 aliphatic carbocycles. The molecule has 24 heavy (non-hydrogen) atoms. The fraction of sp³-hybridized carbons (Fsp3) is 0.158. The summed E-state index contributed by atoms with van der Waals surface area (Å²) in [6.45, 7) is 3.55. The van der Waals surface area contributed by atoms with Gasteiger partial charge in [-0.1, -0.05) is 13.0 Å². The Labute approximate surface area is 138 Å². The van der Waals surface area contributed by atoms with E-state index in [-0.39, 0.29) is 11.4 Å². The van der Waals surface area contributed by atoms with Crippen LogP contribution in [0.2, 0.25) is 0 Å². The molecule has 0 unspecified atom stereocenters. The molecule has 1 heterocycles. The summed E-state index contributed by atoms with van der Waals surface area (Å²) in [5.41, 5.74) is 1.81. The molecular formula is C19H16FNO3. The van der Waals surface area contributed by atoms with Gasteiger partial charge in [-0.2, -0.15) is 0 Å². The summed E-state index contributed by atoms with van der Waals surface area (Å²) in [6, 6.07) is 9.68. The normalized spacial score (nSPS) is 10.8. The first-order valence-corrected chi connectivity index (χ1v) is 7.59. The zero-order chi connectivity index (χ0) is 17.3. The molecule has 0 saturated carbocycles. The lowest BCUT2D eigenvalue weighted by Crippen LogP contribution is -1.98. The Bertz CT molecular complexity index is 937. The zero-order valence-electron chi connectivity index (χ0n) is 13.3. The highest BCUT2D eigenvalue weighted by atomic mass is 19.1. The van der Waals surface area contributed by atoms with E-state index in [0.717, 1.165) is 0 Å². The number of aromatic nitrogens is 1. The molecule has 3 rings (SSSR count). The van der Waals surface area contributed by atoms with Crippen molar-refractivity contribution in [1.82, 2.24) is 4.98 Å². The van der Waals surface area contributed by atoms with E-state index < -0.39 is 5.97 Å². The lowest BCUT2D eigenvalue weighted by atomic mass is 10.1. The van der Waals surface area contributed by atoms with Crippen LogP contribution in [-0.4, -0.2) is 16.1 Å². The van der Waals surface area contributed by atoms with E-state index in [1.807, 2.05) is 6.92 Å². The average molecular weight is 325 g/mol. The van der Waals surface area contributed by atoms with Crippen molar-refractivity contribution in [3.05, 3.63) is 65.1 Å². The SMILES string of the molecule is CCc1ccc(Oc2ccnc3ccc(C(=O)O)cc23)c(C)c1F. The number of benzene rings is 2. The van der Waals surface area contributed by atoms with E-state index in [9.17, 15) is 9.18 Å². The molecule has 0 atom stereocenters. The van der Waals surface area contributed by atoms with E-state index in [0.29, 0.717) is 39.9 Å². The van der Waals surface area contributed by atoms with Gasteiger partial charge in [0.2, 0.25) is 0 Å². The highest BCUT2D eigenvalue weighted by molar-refractivity contribution is 5.95. The number of halogens is 1. The Kier molecular flexibility index (Phi) is 4.16. The van der Waals surface area contributed by atoms with Gasteiger partial charge in [0.05, 0.1) is 11.1 Å². The Hall–Kier alpha value is -2.95. The van der Waals surface area contributed by atoms with Crippen LogP contribution in [0.1, 0.15) is 28.4 Å². The van der Waals surface area contributed by atoms with E-state index >= 15 is 0 Å². The third kappa shape index (κ3) is 2.80. The van der Waals surface area contributed by atoms with Crippen LogP contribution >= 0.6 is 0 Å². The quantitative estimate of drug-likeness (QED) is 0.753. The smallest absolute Gasteiger partial charge is 0.335 e. The number of aryl methyl sites for hydroxylation is 1. The van der Waals surface area contributed by atoms with Crippen molar-refractivity contribution in [1.29, 1.82) is 0 Å². The van der Waals surface area contributed by atoms with Crippen molar-refractivity contribution in [2.45, 2.75) is 20.3 Å². The van der Waals surface area contributed by atoms with Gasteiger partial charge in [-0.05, 0) is 49.2 Å². The summed E-state index contributed by atoms with van der Waals surface area (Å²) in [4.78, 5) is 15.4. The third-order valence-corrected chi connectivity index (χ3v) is 3.97. The molecule has 0 aliphatic heterocycles. The minimum atomic E-state index is -1.03. The molecule has 0 radical (unpaired) electrons. The highest BCUT2D eigenvalue weighted by Crippen LogP contribution is 2.33. The van der Waals surface area contributed by atoms with Gasteiger partial charge in [-0.15, -0.1) is 0 Å². The van der Waals surface area contributed by atoms with E-state index in [1.165, 1.54) is 12.1 Å². The molecule has 2 aromatic carbocycles. The molecule has 4 nitrogen and oxygen atoms in total. The molecule has 0 amide bonds. The Morgan fingerprint density at radius 2 is 2.00 bits per heavy atom. The van der Waals surface area contributed by atoms with Crippen molar-refractivity contribution in [3.8, 4) is 11.5 Å². The summed E-state index contributed by atoms with van der Waals surface area (Å²) in [6.07, 6.45) is 2.18. The maximum Gasteiger partial charge on any atom is 0.335 e. The molecule has 5 heteroatoms. The summed E-state index contributed by atoms with van der Waals surface area (Å²) >= 11 is 0. The van der Waals surface area contributed by atoms with Crippen LogP contribution in [0.15, 0.2) is 42.6 Å². The van der Waals surface area contributed by atoms with Crippen molar-refractivity contribution >= 4 is 16.9 Å². The minimum Gasteiger partial charge on any atom is -0.478 e. The number of carboxylic acids is 1. The number of hydrogen-bond acceptors (Lipinski definition) is 3. The lowest BCUT2D eigenvalue weighted by molar-refractivity contribution is 0.0697. The molecule has 1 N–H and O–H groups in total. The van der Waals surface area contributed by atoms with Crippen LogP contribution in [-0.2, 0) is 6.42 Å². The monoisotopic (exact) mass is 325 g/mol. The first kappa shape index (κ1) is 15.9. The second-order valence-corrected chi connectivity index (χ2v) is 5.46. The number of hydrogen-bond donors (Lipinski definition) is 1. The van der Waals surface area contributed by atoms with Crippen LogP contribution in [0.5, 0.6) is 11.5 Å². The van der Waals surface area contributed by atoms with Crippen molar-refractivity contribution in [2.24, 2.45) is 0 Å². The van der Waals surface area contributed by atoms with Crippen LogP contribution < -0.4 is 4.74 Å². The van der Waals surface area contributed by atoms with Gasteiger partial charge in [-0.25, -0.2) is 9.18 Å². The summed E-state index contributed by atoms with van der Waals surface area (Å²) < 4.78 is 20.1. The number of nitrogens with zero attached hydrogens (tertiary/aromatic N) is 1. The molecule has 0 saturated heterocycles. The second kappa shape index (κ2) is 6.28. The third-order valence-electron chi connectivity index (χ3n) is 3.97. The number of pyridine rings is 1. The number of rotatable bonds is 4. The number of aromatic carboxylic acids is 1. The molecule has 1 aromatic heterocycles. The zero-order valence-corrected chi connectivity index (χ0v) is 13.3. The highest BCUT2D eigenvalue weighted by Gasteiger charge is 2.13. The van der Waals surface area contributed by atoms with Crippen LogP contribution in [0.4, 0.5) is 4.39 Å². The van der Waals surface area contributed by atoms with Gasteiger partial charge in [0, 0.05) is 17.1 Å². The van der Waals surface area contributed by atoms with Crippen molar-refractivity contribution in [2.75, 3.05) is 0 Å². The Morgan fingerprint density at radius 3 is 2.71 bits per heavy atom. The number of ether oxygens (including phenoxy) is 1. The van der Waals surface area contributed by atoms with Crippen LogP contribution in [0, 0.1) is 12.7 Å². The van der Waals surface area contributed by atoms with Crippen molar-refractivity contribution < 1.29 is 19.0 Å². The fourth-order valence-corrected chi connectivity index (χ4v) is 2.57. The second-order valence-electron chi connectivity index (χ2n) is 5.46. The summed E-state index contributed by atoms with van der Waals surface area (Å²) in [5.74, 6) is -0.464. The number of fused-ring (bicyclic) bond motifs is 1. The van der Waals surface area contributed by atoms with E-state index in [1.54, 1.807) is 37.4 Å². The van der Waals surface area contributed by atoms with Gasteiger partial charge >= 0.3 is 5.97 Å².